The van der Waals surface area contributed by atoms with Crippen LogP contribution >= 0.6 is 11.6 Å². The minimum Gasteiger partial charge on any atom is -0.481 e. The highest BCUT2D eigenvalue weighted by Crippen LogP contribution is 2.24. The minimum atomic E-state index is -0.576. The third-order valence-electron chi connectivity index (χ3n) is 3.81. The molecule has 0 aliphatic carbocycles. The molecule has 1 atom stereocenters. The number of nitrogens with one attached hydrogen (secondary N) is 1. The van der Waals surface area contributed by atoms with E-state index < -0.39 is 6.10 Å². The summed E-state index contributed by atoms with van der Waals surface area (Å²) in [6, 6.07) is 15.3. The van der Waals surface area contributed by atoms with Crippen LogP contribution in [0.5, 0.6) is 5.75 Å². The fraction of sp³-hybridized carbons (Fsp3) is 0.350. The first-order valence-electron chi connectivity index (χ1n) is 8.05. The van der Waals surface area contributed by atoms with Crippen molar-refractivity contribution in [1.82, 2.24) is 5.32 Å². The Kier molecular flexibility index (Phi) is 5.89. The number of halogens is 1. The molecule has 0 aliphatic rings. The number of hydrogen-bond donors (Lipinski definition) is 1. The largest absolute Gasteiger partial charge is 0.481 e. The molecule has 0 radical (unpaired) electrons. The lowest BCUT2D eigenvalue weighted by atomic mass is 9.87. The van der Waals surface area contributed by atoms with E-state index in [1.54, 1.807) is 13.0 Å². The van der Waals surface area contributed by atoms with E-state index in [4.69, 9.17) is 16.3 Å². The van der Waals surface area contributed by atoms with E-state index >= 15 is 0 Å². The summed E-state index contributed by atoms with van der Waals surface area (Å²) in [7, 11) is 0. The Bertz CT molecular complexity index is 690. The van der Waals surface area contributed by atoms with Gasteiger partial charge >= 0.3 is 0 Å². The number of amides is 1. The van der Waals surface area contributed by atoms with Gasteiger partial charge in [-0.1, -0.05) is 62.7 Å². The van der Waals surface area contributed by atoms with Gasteiger partial charge in [-0.2, -0.15) is 0 Å². The standard InChI is InChI=1S/C20H24ClNO2/c1-14(19(23)22-13-15-7-5-6-8-18(15)21)24-17-11-9-16(10-12-17)20(2,3)4/h5-12,14H,13H2,1-4H3,(H,22,23)/t14-/m0/s1. The topological polar surface area (TPSA) is 38.3 Å². The zero-order valence-corrected chi connectivity index (χ0v) is 15.4. The molecule has 0 aromatic heterocycles. The van der Waals surface area contributed by atoms with Crippen LogP contribution in [-0.2, 0) is 16.8 Å². The maximum Gasteiger partial charge on any atom is 0.261 e. The molecule has 2 aromatic carbocycles. The van der Waals surface area contributed by atoms with Crippen molar-refractivity contribution in [2.75, 3.05) is 0 Å². The van der Waals surface area contributed by atoms with Crippen LogP contribution in [0.2, 0.25) is 5.02 Å². The summed E-state index contributed by atoms with van der Waals surface area (Å²) >= 11 is 6.09. The molecule has 1 N–H and O–H groups in total. The van der Waals surface area contributed by atoms with Crippen LogP contribution in [0, 0.1) is 0 Å². The Morgan fingerprint density at radius 2 is 1.75 bits per heavy atom. The summed E-state index contributed by atoms with van der Waals surface area (Å²) in [4.78, 5) is 12.2. The van der Waals surface area contributed by atoms with Gasteiger partial charge in [0.1, 0.15) is 5.75 Å². The molecule has 4 heteroatoms. The van der Waals surface area contributed by atoms with Gasteiger partial charge in [0.2, 0.25) is 0 Å². The maximum atomic E-state index is 12.2. The second-order valence-electron chi connectivity index (χ2n) is 6.84. The molecule has 2 rings (SSSR count). The second kappa shape index (κ2) is 7.71. The summed E-state index contributed by atoms with van der Waals surface area (Å²) in [6.45, 7) is 8.60. The number of hydrogen-bond acceptors (Lipinski definition) is 2. The van der Waals surface area contributed by atoms with Crippen molar-refractivity contribution in [3.63, 3.8) is 0 Å². The summed E-state index contributed by atoms with van der Waals surface area (Å²) in [6.07, 6.45) is -0.576. The highest BCUT2D eigenvalue weighted by molar-refractivity contribution is 6.31. The highest BCUT2D eigenvalue weighted by Gasteiger charge is 2.16. The molecule has 3 nitrogen and oxygen atoms in total. The molecule has 1 amide bonds. The van der Waals surface area contributed by atoms with Gasteiger partial charge in [-0.15, -0.1) is 0 Å². The molecule has 0 bridgehead atoms. The molecule has 0 saturated carbocycles. The van der Waals surface area contributed by atoms with Gasteiger partial charge in [-0.25, -0.2) is 0 Å². The van der Waals surface area contributed by atoms with Gasteiger partial charge in [0, 0.05) is 11.6 Å². The zero-order chi connectivity index (χ0) is 17.7. The van der Waals surface area contributed by atoms with Crippen LogP contribution < -0.4 is 10.1 Å². The van der Waals surface area contributed by atoms with E-state index in [2.05, 4.69) is 26.1 Å². The highest BCUT2D eigenvalue weighted by atomic mass is 35.5. The Morgan fingerprint density at radius 3 is 2.33 bits per heavy atom. The average Bonchev–Trinajstić information content (AvgIpc) is 2.53. The number of benzene rings is 2. The Balaban J connectivity index is 1.91. The molecule has 2 aromatic rings. The lowest BCUT2D eigenvalue weighted by Crippen LogP contribution is -2.35. The van der Waals surface area contributed by atoms with E-state index in [1.165, 1.54) is 5.56 Å². The van der Waals surface area contributed by atoms with Crippen molar-refractivity contribution in [3.05, 3.63) is 64.7 Å². The molecule has 0 aliphatic heterocycles. The molecule has 24 heavy (non-hydrogen) atoms. The van der Waals surface area contributed by atoms with Crippen LogP contribution in [0.25, 0.3) is 0 Å². The van der Waals surface area contributed by atoms with E-state index in [-0.39, 0.29) is 11.3 Å². The normalized spacial score (nSPS) is 12.5. The quantitative estimate of drug-likeness (QED) is 0.851. The molecule has 128 valence electrons. The summed E-state index contributed by atoms with van der Waals surface area (Å²) in [5, 5.41) is 3.49. The Labute approximate surface area is 149 Å². The summed E-state index contributed by atoms with van der Waals surface area (Å²) in [5.74, 6) is 0.512. The molecule has 0 saturated heterocycles. The fourth-order valence-corrected chi connectivity index (χ4v) is 2.46. The SMILES string of the molecule is C[C@H](Oc1ccc(C(C)(C)C)cc1)C(=O)NCc1ccccc1Cl. The van der Waals surface area contributed by atoms with Crippen molar-refractivity contribution < 1.29 is 9.53 Å². The first-order chi connectivity index (χ1) is 11.3. The van der Waals surface area contributed by atoms with Crippen LogP contribution in [-0.4, -0.2) is 12.0 Å². The zero-order valence-electron chi connectivity index (χ0n) is 14.6. The van der Waals surface area contributed by atoms with Crippen molar-refractivity contribution in [1.29, 1.82) is 0 Å². The Morgan fingerprint density at radius 1 is 1.12 bits per heavy atom. The predicted molar refractivity (Wildman–Crippen MR) is 98.5 cm³/mol. The van der Waals surface area contributed by atoms with E-state index in [0.717, 1.165) is 5.56 Å². The van der Waals surface area contributed by atoms with Crippen LogP contribution in [0.1, 0.15) is 38.8 Å². The van der Waals surface area contributed by atoms with Crippen LogP contribution in [0.4, 0.5) is 0 Å². The number of carbonyl (C=O) groups excluding carboxylic acids is 1. The Hall–Kier alpha value is -2.00. The van der Waals surface area contributed by atoms with Crippen molar-refractivity contribution >= 4 is 17.5 Å². The smallest absolute Gasteiger partial charge is 0.261 e. The predicted octanol–water partition coefficient (Wildman–Crippen LogP) is 4.72. The lowest BCUT2D eigenvalue weighted by molar-refractivity contribution is -0.127. The molecule has 0 unspecified atom stereocenters. The molecular formula is C20H24ClNO2. The second-order valence-corrected chi connectivity index (χ2v) is 7.25. The summed E-state index contributed by atoms with van der Waals surface area (Å²) in [5.41, 5.74) is 2.20. The fourth-order valence-electron chi connectivity index (χ4n) is 2.26. The monoisotopic (exact) mass is 345 g/mol. The van der Waals surface area contributed by atoms with Gasteiger partial charge in [0.15, 0.2) is 6.10 Å². The van der Waals surface area contributed by atoms with Crippen LogP contribution in [0.3, 0.4) is 0 Å². The van der Waals surface area contributed by atoms with Crippen LogP contribution in [0.15, 0.2) is 48.5 Å². The lowest BCUT2D eigenvalue weighted by Gasteiger charge is -2.20. The van der Waals surface area contributed by atoms with Crippen molar-refractivity contribution in [3.8, 4) is 5.75 Å². The number of rotatable bonds is 5. The summed E-state index contributed by atoms with van der Waals surface area (Å²) < 4.78 is 5.72. The van der Waals surface area contributed by atoms with E-state index in [1.807, 2.05) is 42.5 Å². The first kappa shape index (κ1) is 18.3. The molecule has 0 heterocycles. The van der Waals surface area contributed by atoms with Crippen molar-refractivity contribution in [2.24, 2.45) is 0 Å². The molecule has 0 fully saturated rings. The maximum absolute atomic E-state index is 12.2. The average molecular weight is 346 g/mol. The number of ether oxygens (including phenoxy) is 1. The third kappa shape index (κ3) is 5.00. The first-order valence-corrected chi connectivity index (χ1v) is 8.43. The van der Waals surface area contributed by atoms with Crippen molar-refractivity contribution in [2.45, 2.75) is 45.8 Å². The van der Waals surface area contributed by atoms with Gasteiger partial charge in [0.05, 0.1) is 0 Å². The van der Waals surface area contributed by atoms with Gasteiger partial charge in [-0.3, -0.25) is 4.79 Å². The van der Waals surface area contributed by atoms with Gasteiger partial charge in [-0.05, 0) is 41.7 Å². The van der Waals surface area contributed by atoms with E-state index in [9.17, 15) is 4.79 Å². The third-order valence-corrected chi connectivity index (χ3v) is 4.18. The molecule has 0 spiro atoms. The molecular weight excluding hydrogens is 322 g/mol. The van der Waals surface area contributed by atoms with Gasteiger partial charge < -0.3 is 10.1 Å². The minimum absolute atomic E-state index is 0.0937. The number of carbonyl (C=O) groups is 1. The van der Waals surface area contributed by atoms with E-state index in [0.29, 0.717) is 17.3 Å². The van der Waals surface area contributed by atoms with Gasteiger partial charge in [0.25, 0.3) is 5.91 Å².